The minimum Gasteiger partial charge on any atom is -0.386 e. The van der Waals surface area contributed by atoms with Crippen molar-refractivity contribution in [2.45, 2.75) is 31.1 Å². The van der Waals surface area contributed by atoms with E-state index in [0.717, 1.165) is 0 Å². The Bertz CT molecular complexity index is 1090. The molecule has 6 nitrogen and oxygen atoms in total. The second kappa shape index (κ2) is 7.47. The van der Waals surface area contributed by atoms with Gasteiger partial charge in [0.05, 0.1) is 17.0 Å². The second-order valence-electron chi connectivity index (χ2n) is 7.87. The largest absolute Gasteiger partial charge is 0.386 e. The average Bonchev–Trinajstić information content (AvgIpc) is 2.67. The fourth-order valence-corrected chi connectivity index (χ4v) is 4.92. The van der Waals surface area contributed by atoms with Crippen LogP contribution in [0.3, 0.4) is 0 Å². The first-order chi connectivity index (χ1) is 13.9. The van der Waals surface area contributed by atoms with E-state index < -0.39 is 32.5 Å². The number of aromatic nitrogens is 1. The molecule has 0 spiro atoms. The smallest absolute Gasteiger partial charge is 0.149 e. The molecule has 0 radical (unpaired) electrons. The molecule has 0 fully saturated rings. The molecular formula is C21H22F2N4O2S. The Balaban J connectivity index is 2.03. The summed E-state index contributed by atoms with van der Waals surface area (Å²) in [6.45, 7) is 4.72. The van der Waals surface area contributed by atoms with Crippen molar-refractivity contribution in [3.63, 3.8) is 0 Å². The van der Waals surface area contributed by atoms with Crippen LogP contribution in [0.15, 0.2) is 41.5 Å². The number of nitrogens with zero attached hydrogens (tertiary/aromatic N) is 3. The van der Waals surface area contributed by atoms with Gasteiger partial charge in [0, 0.05) is 11.8 Å². The summed E-state index contributed by atoms with van der Waals surface area (Å²) in [7, 11) is -3.22. The van der Waals surface area contributed by atoms with E-state index in [2.05, 4.69) is 9.98 Å². The van der Waals surface area contributed by atoms with E-state index in [4.69, 9.17) is 11.0 Å². The Morgan fingerprint density at radius 3 is 2.53 bits per heavy atom. The van der Waals surface area contributed by atoms with Crippen molar-refractivity contribution in [1.29, 1.82) is 5.26 Å². The van der Waals surface area contributed by atoms with Crippen LogP contribution in [0.2, 0.25) is 0 Å². The summed E-state index contributed by atoms with van der Waals surface area (Å²) in [4.78, 5) is 8.28. The third-order valence-corrected chi connectivity index (χ3v) is 8.09. The Labute approximate surface area is 175 Å². The molecular weight excluding hydrogens is 410 g/mol. The molecule has 2 aromatic rings. The van der Waals surface area contributed by atoms with Gasteiger partial charge in [0.15, 0.2) is 0 Å². The van der Waals surface area contributed by atoms with Crippen LogP contribution >= 0.6 is 10.6 Å². The first-order valence-electron chi connectivity index (χ1n) is 9.05. The average molecular weight is 432 g/mol. The van der Waals surface area contributed by atoms with E-state index >= 15 is 0 Å². The first kappa shape index (κ1) is 21.9. The van der Waals surface area contributed by atoms with Gasteiger partial charge in [0.25, 0.3) is 0 Å². The van der Waals surface area contributed by atoms with E-state index in [-0.39, 0.29) is 22.8 Å². The van der Waals surface area contributed by atoms with Crippen LogP contribution in [-0.4, -0.2) is 30.4 Å². The molecule has 1 aromatic carbocycles. The van der Waals surface area contributed by atoms with Crippen LogP contribution in [0.4, 0.5) is 8.78 Å². The van der Waals surface area contributed by atoms with E-state index in [0.29, 0.717) is 11.1 Å². The maximum absolute atomic E-state index is 14.7. The van der Waals surface area contributed by atoms with Crippen molar-refractivity contribution < 1.29 is 17.9 Å². The van der Waals surface area contributed by atoms with Crippen molar-refractivity contribution in [3.8, 4) is 6.07 Å². The topological polar surface area (TPSA) is 116 Å². The highest BCUT2D eigenvalue weighted by Gasteiger charge is 2.49. The van der Waals surface area contributed by atoms with Gasteiger partial charge in [0.1, 0.15) is 33.8 Å². The second-order valence-corrected chi connectivity index (χ2v) is 10.5. The molecule has 1 aliphatic heterocycles. The van der Waals surface area contributed by atoms with E-state index in [9.17, 15) is 17.9 Å². The number of halogens is 2. The van der Waals surface area contributed by atoms with Gasteiger partial charge >= 0.3 is 0 Å². The van der Waals surface area contributed by atoms with Crippen molar-refractivity contribution >= 4 is 28.3 Å². The zero-order chi connectivity index (χ0) is 22.3. The molecule has 2 heterocycles. The molecule has 0 bridgehead atoms. The van der Waals surface area contributed by atoms with Crippen molar-refractivity contribution in [2.24, 2.45) is 10.7 Å². The van der Waals surface area contributed by atoms with Gasteiger partial charge in [-0.05, 0) is 56.7 Å². The highest BCUT2D eigenvalue weighted by Crippen LogP contribution is 2.59. The number of amidine groups is 1. The SMILES string of the molecule is CC1(c2cc(C=C(F)c3ccc(C#N)cn3)ccc2F)CS(O)(O)C(C)(C)C(N)=N1. The molecule has 3 rings (SSSR count). The Kier molecular flexibility index (Phi) is 5.45. The molecule has 4 N–H and O–H groups in total. The highest BCUT2D eigenvalue weighted by atomic mass is 32.3. The third kappa shape index (κ3) is 3.81. The molecule has 158 valence electrons. The number of rotatable bonds is 3. The summed E-state index contributed by atoms with van der Waals surface area (Å²) in [6.07, 6.45) is 2.44. The normalized spacial score (nSPS) is 23.9. The minimum atomic E-state index is -3.22. The lowest BCUT2D eigenvalue weighted by molar-refractivity contribution is 0.416. The van der Waals surface area contributed by atoms with Gasteiger partial charge in [-0.1, -0.05) is 6.07 Å². The van der Waals surface area contributed by atoms with E-state index in [1.165, 1.54) is 42.6 Å². The van der Waals surface area contributed by atoms with Gasteiger partial charge in [-0.25, -0.2) is 8.78 Å². The van der Waals surface area contributed by atoms with Crippen LogP contribution in [0, 0.1) is 17.1 Å². The zero-order valence-corrected chi connectivity index (χ0v) is 17.5. The number of pyridine rings is 1. The molecule has 0 aliphatic carbocycles. The maximum atomic E-state index is 14.7. The van der Waals surface area contributed by atoms with Crippen LogP contribution in [0.1, 0.15) is 43.2 Å². The van der Waals surface area contributed by atoms with Crippen LogP contribution in [0.25, 0.3) is 11.9 Å². The van der Waals surface area contributed by atoms with Gasteiger partial charge in [-0.2, -0.15) is 15.9 Å². The summed E-state index contributed by atoms with van der Waals surface area (Å²) in [5.74, 6) is -1.47. The Morgan fingerprint density at radius 1 is 1.27 bits per heavy atom. The fourth-order valence-electron chi connectivity index (χ4n) is 3.18. The number of aliphatic imine (C=N–C) groups is 1. The van der Waals surface area contributed by atoms with Crippen LogP contribution in [0.5, 0.6) is 0 Å². The lowest BCUT2D eigenvalue weighted by Crippen LogP contribution is -2.52. The lowest BCUT2D eigenvalue weighted by atomic mass is 9.91. The van der Waals surface area contributed by atoms with Crippen LogP contribution in [-0.2, 0) is 5.54 Å². The van der Waals surface area contributed by atoms with Crippen LogP contribution < -0.4 is 5.73 Å². The predicted octanol–water partition coefficient (Wildman–Crippen LogP) is 4.68. The summed E-state index contributed by atoms with van der Waals surface area (Å²) in [5, 5.41) is 8.81. The first-order valence-corrected chi connectivity index (χ1v) is 10.8. The van der Waals surface area contributed by atoms with Gasteiger partial charge in [-0.15, -0.1) is 0 Å². The zero-order valence-electron chi connectivity index (χ0n) is 16.7. The highest BCUT2D eigenvalue weighted by molar-refractivity contribution is 8.26. The molecule has 1 unspecified atom stereocenters. The molecule has 1 aromatic heterocycles. The molecule has 0 saturated heterocycles. The third-order valence-electron chi connectivity index (χ3n) is 5.28. The molecule has 0 saturated carbocycles. The van der Waals surface area contributed by atoms with E-state index in [1.54, 1.807) is 20.8 Å². The van der Waals surface area contributed by atoms with Crippen molar-refractivity contribution in [1.82, 2.24) is 4.98 Å². The quantitative estimate of drug-likeness (QED) is 0.652. The molecule has 0 amide bonds. The molecule has 30 heavy (non-hydrogen) atoms. The van der Waals surface area contributed by atoms with Gasteiger partial charge in [0.2, 0.25) is 0 Å². The molecule has 1 aliphatic rings. The van der Waals surface area contributed by atoms with Gasteiger partial charge < -0.3 is 5.73 Å². The van der Waals surface area contributed by atoms with E-state index in [1.807, 2.05) is 6.07 Å². The summed E-state index contributed by atoms with van der Waals surface area (Å²) in [5.41, 5.74) is 5.42. The number of hydrogen-bond donors (Lipinski definition) is 3. The predicted molar refractivity (Wildman–Crippen MR) is 115 cm³/mol. The Hall–Kier alpha value is -2.80. The summed E-state index contributed by atoms with van der Waals surface area (Å²) in [6, 6.07) is 8.69. The molecule has 1 atom stereocenters. The number of nitriles is 1. The number of benzene rings is 1. The Morgan fingerprint density at radius 2 is 1.97 bits per heavy atom. The fraction of sp³-hybridized carbons (Fsp3) is 0.286. The molecule has 9 heteroatoms. The monoisotopic (exact) mass is 432 g/mol. The number of nitrogens with two attached hydrogens (primary N) is 1. The minimum absolute atomic E-state index is 0.0181. The van der Waals surface area contributed by atoms with Crippen molar-refractivity contribution in [3.05, 3.63) is 64.7 Å². The summed E-state index contributed by atoms with van der Waals surface area (Å²) >= 11 is 0. The lowest BCUT2D eigenvalue weighted by Gasteiger charge is -2.53. The number of hydrogen-bond acceptors (Lipinski definition) is 6. The summed E-state index contributed by atoms with van der Waals surface area (Å²) < 4.78 is 49.4. The maximum Gasteiger partial charge on any atom is 0.149 e. The standard InChI is InChI=1S/C21H22F2N4O2S/c1-20(2)19(25)27-21(3,12-30(20,28)29)15-8-13(4-6-16(15)22)9-17(23)18-7-5-14(10-24)11-26-18/h4-9,11,28-29H,12H2,1-3H3,(H2,25,27). The van der Waals surface area contributed by atoms with Gasteiger partial charge in [-0.3, -0.25) is 19.1 Å². The van der Waals surface area contributed by atoms with Crippen molar-refractivity contribution in [2.75, 3.05) is 5.75 Å².